The second-order valence-electron chi connectivity index (χ2n) is 4.41. The number of urea groups is 1. The molecule has 3 aliphatic rings. The Morgan fingerprint density at radius 3 is 2.67 bits per heavy atom. The number of Topliss-reactive ketones (excluding diaryl/α,β-unsaturated/α-hetero) is 1. The summed E-state index contributed by atoms with van der Waals surface area (Å²) in [6.07, 6.45) is -4.34. The topological polar surface area (TPSA) is 165 Å². The molecule has 0 spiro atoms. The van der Waals surface area contributed by atoms with Gasteiger partial charge < -0.3 is 14.9 Å². The molecule has 0 aromatic rings. The van der Waals surface area contributed by atoms with Gasteiger partial charge in [-0.05, 0) is 0 Å². The Kier molecular flexibility index (Phi) is 2.90. The van der Waals surface area contributed by atoms with Gasteiger partial charge in [-0.1, -0.05) is 0 Å². The Morgan fingerprint density at radius 1 is 1.33 bits per heavy atom. The second kappa shape index (κ2) is 4.51. The Morgan fingerprint density at radius 2 is 2.05 bits per heavy atom. The highest BCUT2D eigenvalue weighted by atomic mass is 16.6. The maximum absolute atomic E-state index is 11.9. The number of ketones is 1. The smallest absolute Gasteiger partial charge is 0.352 e. The van der Waals surface area contributed by atoms with Crippen molar-refractivity contribution in [3.63, 3.8) is 0 Å². The first-order valence-electron chi connectivity index (χ1n) is 5.83. The van der Waals surface area contributed by atoms with Crippen LogP contribution in [0.1, 0.15) is 0 Å². The number of aliphatic hydroxyl groups is 2. The van der Waals surface area contributed by atoms with Crippen LogP contribution in [0, 0.1) is 5.41 Å². The van der Waals surface area contributed by atoms with E-state index in [2.05, 4.69) is 15.3 Å². The number of hydrogen-bond acceptors (Lipinski definition) is 7. The monoisotopic (exact) mass is 295 g/mol. The van der Waals surface area contributed by atoms with Crippen molar-refractivity contribution in [1.82, 2.24) is 10.2 Å². The van der Waals surface area contributed by atoms with Crippen LogP contribution in [0.3, 0.4) is 0 Å². The molecule has 0 bridgehead atoms. The first-order chi connectivity index (χ1) is 9.93. The third kappa shape index (κ3) is 1.86. The summed E-state index contributed by atoms with van der Waals surface area (Å²) in [5.41, 5.74) is -0.339. The van der Waals surface area contributed by atoms with Gasteiger partial charge in [0.2, 0.25) is 18.0 Å². The molecule has 3 atom stereocenters. The van der Waals surface area contributed by atoms with Gasteiger partial charge in [0.05, 0.1) is 6.61 Å². The van der Waals surface area contributed by atoms with E-state index in [1.54, 1.807) is 0 Å². The van der Waals surface area contributed by atoms with Gasteiger partial charge in [0, 0.05) is 0 Å². The molecule has 1 fully saturated rings. The fourth-order valence-corrected chi connectivity index (χ4v) is 2.14. The summed E-state index contributed by atoms with van der Waals surface area (Å²) < 4.78 is 5.11. The molecular formula is C10H9N5O6. The average Bonchev–Trinajstić information content (AvgIpc) is 2.89. The van der Waals surface area contributed by atoms with E-state index in [9.17, 15) is 19.5 Å². The number of aliphatic hydroxyl groups excluding tert-OH is 2. The highest BCUT2D eigenvalue weighted by molar-refractivity contribution is 6.72. The summed E-state index contributed by atoms with van der Waals surface area (Å²) in [5, 5.41) is 28.0. The van der Waals surface area contributed by atoms with Gasteiger partial charge in [-0.15, -0.1) is 0 Å². The van der Waals surface area contributed by atoms with Crippen molar-refractivity contribution >= 4 is 35.2 Å². The van der Waals surface area contributed by atoms with Crippen molar-refractivity contribution in [2.45, 2.75) is 18.4 Å². The number of carbonyl (C=O) groups excluding carboxylic acids is 3. The predicted octanol–water partition coefficient (Wildman–Crippen LogP) is -3.03. The van der Waals surface area contributed by atoms with E-state index in [4.69, 9.17) is 15.3 Å². The van der Waals surface area contributed by atoms with Crippen LogP contribution in [0.25, 0.3) is 0 Å². The number of nitrogens with one attached hydrogen (secondary N) is 2. The van der Waals surface area contributed by atoms with Crippen LogP contribution in [-0.4, -0.2) is 75.4 Å². The minimum absolute atomic E-state index is 0.294. The van der Waals surface area contributed by atoms with Crippen molar-refractivity contribution in [2.24, 2.45) is 9.98 Å². The number of guanidine groups is 1. The first-order valence-corrected chi connectivity index (χ1v) is 5.83. The number of carbonyl (C=O) groups is 3. The average molecular weight is 295 g/mol. The van der Waals surface area contributed by atoms with Crippen molar-refractivity contribution in [3.05, 3.63) is 0 Å². The minimum Gasteiger partial charge on any atom is -0.394 e. The minimum atomic E-state index is -1.60. The fraction of sp³-hybridized carbons (Fsp3) is 0.400. The maximum atomic E-state index is 11.9. The molecule has 3 rings (SSSR count). The standard InChI is InChI=1S/C10H9N5O6/c11-9-13-6-3(7(19)14-9)12-10(20)15(6)8-5(18)4(17)2(1-16)21-8/h2,4,8,16-17H,1H2,(H2,11,14,19)/t2-,4-,8-/m1/s1. The zero-order valence-electron chi connectivity index (χ0n) is 10.3. The summed E-state index contributed by atoms with van der Waals surface area (Å²) >= 11 is 0. The molecule has 3 amide bonds. The normalized spacial score (nSPS) is 32.1. The van der Waals surface area contributed by atoms with Gasteiger partial charge >= 0.3 is 6.03 Å². The highest BCUT2D eigenvalue weighted by Gasteiger charge is 2.52. The highest BCUT2D eigenvalue weighted by Crippen LogP contribution is 2.24. The maximum Gasteiger partial charge on any atom is 0.352 e. The molecule has 0 saturated carbocycles. The molecule has 3 heterocycles. The second-order valence-corrected chi connectivity index (χ2v) is 4.41. The molecule has 0 aromatic carbocycles. The Labute approximate surface area is 116 Å². The van der Waals surface area contributed by atoms with E-state index >= 15 is 0 Å². The van der Waals surface area contributed by atoms with Crippen molar-refractivity contribution < 1.29 is 29.3 Å². The number of hydrogen-bond donors (Lipinski definition) is 4. The Hall–Kier alpha value is -2.50. The van der Waals surface area contributed by atoms with E-state index in [0.29, 0.717) is 4.90 Å². The number of rotatable bonds is 2. The third-order valence-electron chi connectivity index (χ3n) is 3.12. The number of aliphatic imine (C=N–C) groups is 2. The number of nitrogens with zero attached hydrogens (tertiary/aromatic N) is 3. The summed E-state index contributed by atoms with van der Waals surface area (Å²) in [6, 6.07) is -0.974. The lowest BCUT2D eigenvalue weighted by Gasteiger charge is -2.23. The predicted molar refractivity (Wildman–Crippen MR) is 64.7 cm³/mol. The van der Waals surface area contributed by atoms with E-state index in [-0.39, 0.29) is 11.5 Å². The van der Waals surface area contributed by atoms with Crippen molar-refractivity contribution in [3.8, 4) is 0 Å². The number of ether oxygens (including phenoxy) is 1. The largest absolute Gasteiger partial charge is 0.394 e. The van der Waals surface area contributed by atoms with Crippen LogP contribution < -0.4 is 5.32 Å². The van der Waals surface area contributed by atoms with Crippen molar-refractivity contribution in [1.29, 1.82) is 5.41 Å². The molecular weight excluding hydrogens is 286 g/mol. The van der Waals surface area contributed by atoms with Crippen LogP contribution in [-0.2, 0) is 14.3 Å². The molecule has 21 heavy (non-hydrogen) atoms. The SMILES string of the molecule is N=C1N=C2C(=NC(=O)N2[C@@H]2O[C@H](CO)[C@@H](O)C2=O)C(=O)N1. The van der Waals surface area contributed by atoms with Crippen LogP contribution in [0.5, 0.6) is 0 Å². The van der Waals surface area contributed by atoms with Crippen molar-refractivity contribution in [2.75, 3.05) is 6.61 Å². The number of fused-ring (bicyclic) bond motifs is 1. The Bertz CT molecular complexity index is 640. The van der Waals surface area contributed by atoms with Gasteiger partial charge in [-0.25, -0.2) is 9.69 Å². The van der Waals surface area contributed by atoms with E-state index in [0.717, 1.165) is 0 Å². The van der Waals surface area contributed by atoms with E-state index in [1.165, 1.54) is 0 Å². The lowest BCUT2D eigenvalue weighted by Crippen LogP contribution is -2.52. The van der Waals surface area contributed by atoms with Gasteiger partial charge in [-0.3, -0.25) is 20.3 Å². The lowest BCUT2D eigenvalue weighted by atomic mass is 10.1. The van der Waals surface area contributed by atoms with Gasteiger partial charge in [0.15, 0.2) is 11.5 Å². The van der Waals surface area contributed by atoms with Gasteiger partial charge in [0.1, 0.15) is 12.2 Å². The lowest BCUT2D eigenvalue weighted by molar-refractivity contribution is -0.130. The molecule has 11 heteroatoms. The van der Waals surface area contributed by atoms with E-state index in [1.807, 2.05) is 0 Å². The third-order valence-corrected chi connectivity index (χ3v) is 3.12. The molecule has 3 aliphatic heterocycles. The molecule has 0 aromatic heterocycles. The zero-order valence-corrected chi connectivity index (χ0v) is 10.3. The van der Waals surface area contributed by atoms with Crippen LogP contribution in [0.4, 0.5) is 4.79 Å². The molecule has 0 radical (unpaired) electrons. The summed E-state index contributed by atoms with van der Waals surface area (Å²) in [7, 11) is 0. The molecule has 110 valence electrons. The summed E-state index contributed by atoms with van der Waals surface area (Å²) in [6.45, 7) is -0.623. The van der Waals surface area contributed by atoms with Crippen LogP contribution >= 0.6 is 0 Å². The molecule has 4 N–H and O–H groups in total. The number of amidine groups is 1. The summed E-state index contributed by atoms with van der Waals surface area (Å²) in [5.74, 6) is -2.47. The number of amides is 3. The quantitative estimate of drug-likeness (QED) is 0.423. The first kappa shape index (κ1) is 13.5. The van der Waals surface area contributed by atoms with Crippen LogP contribution in [0.2, 0.25) is 0 Å². The van der Waals surface area contributed by atoms with Gasteiger partial charge in [-0.2, -0.15) is 9.98 Å². The molecule has 0 aliphatic carbocycles. The van der Waals surface area contributed by atoms with Crippen LogP contribution in [0.15, 0.2) is 9.98 Å². The fourth-order valence-electron chi connectivity index (χ4n) is 2.14. The summed E-state index contributed by atoms with van der Waals surface area (Å²) in [4.78, 5) is 43.1. The zero-order chi connectivity index (χ0) is 15.3. The Balaban J connectivity index is 1.97. The molecule has 1 saturated heterocycles. The van der Waals surface area contributed by atoms with Gasteiger partial charge in [0.25, 0.3) is 5.91 Å². The van der Waals surface area contributed by atoms with E-state index < -0.39 is 48.7 Å². The molecule has 0 unspecified atom stereocenters. The molecule has 11 nitrogen and oxygen atoms in total.